The van der Waals surface area contributed by atoms with Crippen LogP contribution in [0.2, 0.25) is 0 Å². The van der Waals surface area contributed by atoms with Crippen molar-refractivity contribution in [2.75, 3.05) is 6.54 Å². The lowest BCUT2D eigenvalue weighted by atomic mass is 9.98. The second-order valence-corrected chi connectivity index (χ2v) is 12.1. The largest absolute Gasteiger partial charge is 0.481 e. The standard InChI is InChI=1S/C36H41N5O5/c1-20-14-24-16-29-22(3)26(9-11-35(43)44)31(39-29)18-32-27(10-12-36(45)46)23(4)30(40-32)19-33-21(2)15-25(17-28(20)38-24)41(33)34(42)8-6-5-7-13-37/h14-19,38H,5-13,37H2,1-4H3,(H,43,44)(H,45,46). The van der Waals surface area contributed by atoms with Crippen molar-refractivity contribution < 1.29 is 24.6 Å². The zero-order valence-corrected chi connectivity index (χ0v) is 26.9. The SMILES string of the molecule is CC1=C(CCC(=O)O)c2cc3nc(cc4c(C)cc(cc5[nH]c(cc1n2)cc5C)n4C(=O)CCCCCN)C(C)=C3CCC(=O)O. The van der Waals surface area contributed by atoms with Gasteiger partial charge >= 0.3 is 11.9 Å². The normalized spacial score (nSPS) is 13.1. The number of fused-ring (bicyclic) bond motifs is 8. The maximum absolute atomic E-state index is 13.8. The van der Waals surface area contributed by atoms with Gasteiger partial charge in [0.25, 0.3) is 0 Å². The average Bonchev–Trinajstić information content (AvgIpc) is 3.67. The highest BCUT2D eigenvalue weighted by Gasteiger charge is 2.23. The van der Waals surface area contributed by atoms with Crippen LogP contribution in [0.5, 0.6) is 0 Å². The van der Waals surface area contributed by atoms with Crippen LogP contribution in [0.3, 0.4) is 0 Å². The first-order chi connectivity index (χ1) is 22.0. The number of nitrogens with one attached hydrogen (secondary N) is 1. The lowest BCUT2D eigenvalue weighted by Gasteiger charge is -2.07. The molecule has 3 aromatic rings. The lowest BCUT2D eigenvalue weighted by Crippen LogP contribution is -2.10. The second-order valence-electron chi connectivity index (χ2n) is 12.1. The molecule has 0 amide bonds. The van der Waals surface area contributed by atoms with Crippen LogP contribution >= 0.6 is 0 Å². The van der Waals surface area contributed by atoms with Crippen LogP contribution < -0.4 is 5.73 Å². The van der Waals surface area contributed by atoms with Gasteiger partial charge in [0.05, 0.1) is 33.8 Å². The Hall–Kier alpha value is -4.83. The molecule has 8 bridgehead atoms. The van der Waals surface area contributed by atoms with Gasteiger partial charge in [0.1, 0.15) is 0 Å². The fourth-order valence-electron chi connectivity index (χ4n) is 6.20. The van der Waals surface area contributed by atoms with Crippen molar-refractivity contribution in [3.05, 3.63) is 70.3 Å². The van der Waals surface area contributed by atoms with E-state index in [1.807, 2.05) is 64.1 Å². The summed E-state index contributed by atoms with van der Waals surface area (Å²) >= 11 is 0. The molecule has 0 atom stereocenters. The van der Waals surface area contributed by atoms with Crippen molar-refractivity contribution in [2.45, 2.75) is 79.1 Å². The number of carboxylic acids is 2. The van der Waals surface area contributed by atoms with Crippen molar-refractivity contribution >= 4 is 62.2 Å². The van der Waals surface area contributed by atoms with Crippen LogP contribution in [0.25, 0.3) is 44.4 Å². The number of carbonyl (C=O) groups excluding carboxylic acids is 1. The minimum atomic E-state index is -0.914. The molecule has 2 aliphatic rings. The lowest BCUT2D eigenvalue weighted by molar-refractivity contribution is -0.137. The molecule has 5 heterocycles. The highest BCUT2D eigenvalue weighted by atomic mass is 16.4. The molecule has 240 valence electrons. The van der Waals surface area contributed by atoms with Gasteiger partial charge in [-0.3, -0.25) is 19.0 Å². The second kappa shape index (κ2) is 13.7. The van der Waals surface area contributed by atoms with E-state index in [9.17, 15) is 24.6 Å². The number of hydrogen-bond acceptors (Lipinski definition) is 6. The van der Waals surface area contributed by atoms with E-state index in [2.05, 4.69) is 4.98 Å². The Morgan fingerprint density at radius 1 is 0.717 bits per heavy atom. The minimum Gasteiger partial charge on any atom is -0.481 e. The van der Waals surface area contributed by atoms with Gasteiger partial charge in [-0.05, 0) is 130 Å². The van der Waals surface area contributed by atoms with Crippen LogP contribution in [-0.4, -0.2) is 54.1 Å². The molecule has 0 aliphatic carbocycles. The molecule has 10 nitrogen and oxygen atoms in total. The molecule has 10 heteroatoms. The number of allylic oxidation sites excluding steroid dienone is 4. The number of nitrogens with zero attached hydrogens (tertiary/aromatic N) is 3. The molecule has 0 unspecified atom stereocenters. The molecule has 0 radical (unpaired) electrons. The maximum atomic E-state index is 13.8. The number of rotatable bonds is 11. The van der Waals surface area contributed by atoms with Crippen molar-refractivity contribution in [3.63, 3.8) is 0 Å². The van der Waals surface area contributed by atoms with Gasteiger partial charge in [-0.1, -0.05) is 6.42 Å². The number of aliphatic carboxylic acids is 2. The number of aromatic nitrogens is 4. The number of unbranched alkanes of at least 4 members (excludes halogenated alkanes) is 2. The third-order valence-corrected chi connectivity index (χ3v) is 8.77. The topological polar surface area (TPSA) is 164 Å². The average molecular weight is 624 g/mol. The van der Waals surface area contributed by atoms with E-state index in [1.165, 1.54) is 0 Å². The predicted molar refractivity (Wildman–Crippen MR) is 181 cm³/mol. The summed E-state index contributed by atoms with van der Waals surface area (Å²) in [5.41, 5.74) is 16.6. The molecule has 3 aromatic heterocycles. The van der Waals surface area contributed by atoms with E-state index in [0.717, 1.165) is 74.7 Å². The number of nitrogens with two attached hydrogens (primary N) is 1. The van der Waals surface area contributed by atoms with E-state index in [1.54, 1.807) is 4.57 Å². The molecule has 46 heavy (non-hydrogen) atoms. The summed E-state index contributed by atoms with van der Waals surface area (Å²) in [4.78, 5) is 50.4. The molecule has 0 saturated carbocycles. The Bertz CT molecular complexity index is 1960. The number of carboxylic acid groups (broad SMARTS) is 2. The van der Waals surface area contributed by atoms with Crippen molar-refractivity contribution in [3.8, 4) is 0 Å². The quantitative estimate of drug-likeness (QED) is 0.163. The maximum Gasteiger partial charge on any atom is 0.303 e. The summed E-state index contributed by atoms with van der Waals surface area (Å²) in [7, 11) is 0. The molecule has 2 aliphatic heterocycles. The summed E-state index contributed by atoms with van der Waals surface area (Å²) in [6.07, 6.45) is 3.27. The van der Waals surface area contributed by atoms with Gasteiger partial charge in [0, 0.05) is 30.3 Å². The first-order valence-corrected chi connectivity index (χ1v) is 15.8. The number of aryl methyl sites for hydroxylation is 2. The zero-order valence-electron chi connectivity index (χ0n) is 26.9. The van der Waals surface area contributed by atoms with E-state index in [-0.39, 0.29) is 25.2 Å². The van der Waals surface area contributed by atoms with Crippen molar-refractivity contribution in [1.29, 1.82) is 0 Å². The summed E-state index contributed by atoms with van der Waals surface area (Å²) in [5, 5.41) is 19.0. The van der Waals surface area contributed by atoms with Gasteiger partial charge in [-0.25, -0.2) is 9.97 Å². The van der Waals surface area contributed by atoms with Gasteiger partial charge in [0.15, 0.2) is 0 Å². The predicted octanol–water partition coefficient (Wildman–Crippen LogP) is 7.16. The minimum absolute atomic E-state index is 0.0207. The van der Waals surface area contributed by atoms with Crippen LogP contribution in [0.1, 0.15) is 104 Å². The summed E-state index contributed by atoms with van der Waals surface area (Å²) < 4.78 is 1.76. The Morgan fingerprint density at radius 3 is 1.91 bits per heavy atom. The van der Waals surface area contributed by atoms with E-state index < -0.39 is 11.9 Å². The molecular formula is C36H41N5O5. The Morgan fingerprint density at radius 2 is 1.33 bits per heavy atom. The smallest absolute Gasteiger partial charge is 0.303 e. The molecule has 0 fully saturated rings. The van der Waals surface area contributed by atoms with Crippen LogP contribution in [-0.2, 0) is 9.59 Å². The van der Waals surface area contributed by atoms with Gasteiger partial charge in [0.2, 0.25) is 5.91 Å². The molecule has 0 spiro atoms. The monoisotopic (exact) mass is 623 g/mol. The van der Waals surface area contributed by atoms with Crippen LogP contribution in [0, 0.1) is 13.8 Å². The molecular weight excluding hydrogens is 582 g/mol. The fourth-order valence-corrected chi connectivity index (χ4v) is 6.20. The molecule has 0 aromatic carbocycles. The van der Waals surface area contributed by atoms with Gasteiger partial charge < -0.3 is 20.9 Å². The van der Waals surface area contributed by atoms with Gasteiger partial charge in [-0.15, -0.1) is 0 Å². The summed E-state index contributed by atoms with van der Waals surface area (Å²) in [6, 6.07) is 11.7. The van der Waals surface area contributed by atoms with Crippen molar-refractivity contribution in [2.24, 2.45) is 5.73 Å². The highest BCUT2D eigenvalue weighted by Crippen LogP contribution is 2.37. The summed E-state index contributed by atoms with van der Waals surface area (Å²) in [5.74, 6) is -1.83. The number of hydrogen-bond donors (Lipinski definition) is 4. The van der Waals surface area contributed by atoms with E-state index in [4.69, 9.17) is 15.7 Å². The van der Waals surface area contributed by atoms with Gasteiger partial charge in [-0.2, -0.15) is 0 Å². The number of H-pyrrole nitrogens is 1. The summed E-state index contributed by atoms with van der Waals surface area (Å²) in [6.45, 7) is 8.43. The first-order valence-electron chi connectivity index (χ1n) is 15.8. The molecule has 5 rings (SSSR count). The van der Waals surface area contributed by atoms with Crippen molar-refractivity contribution in [1.82, 2.24) is 19.5 Å². The Kier molecular flexibility index (Phi) is 9.67. The zero-order chi connectivity index (χ0) is 33.1. The fraction of sp³-hybridized carbons (Fsp3) is 0.361. The number of aromatic amines is 1. The Labute approximate surface area is 267 Å². The molecule has 5 N–H and O–H groups in total. The van der Waals surface area contributed by atoms with E-state index in [0.29, 0.717) is 42.2 Å². The third-order valence-electron chi connectivity index (χ3n) is 8.77. The third kappa shape index (κ3) is 6.87. The Balaban J connectivity index is 1.84. The van der Waals surface area contributed by atoms with E-state index >= 15 is 0 Å². The highest BCUT2D eigenvalue weighted by molar-refractivity contribution is 5.97. The number of carbonyl (C=O) groups is 3. The molecule has 0 saturated heterocycles. The van der Waals surface area contributed by atoms with Crippen LogP contribution in [0.4, 0.5) is 0 Å². The first kappa shape index (κ1) is 32.6. The van der Waals surface area contributed by atoms with Crippen LogP contribution in [0.15, 0.2) is 36.4 Å².